The molecule has 0 atom stereocenters. The average Bonchev–Trinajstić information content (AvgIpc) is 2.96. The minimum atomic E-state index is -5.54. The maximum Gasteiger partial charge on any atom is 0.296 e. The number of rotatable bonds is 10. The van der Waals surface area contributed by atoms with Crippen molar-refractivity contribution in [3.63, 3.8) is 0 Å². The number of fused-ring (bicyclic) bond motifs is 1. The number of phenolic OH excluding ortho intramolecular Hbond substituents is 1. The summed E-state index contributed by atoms with van der Waals surface area (Å²) >= 11 is 0. The Hall–Kier alpha value is -4.60. The molecule has 0 unspecified atom stereocenters. The number of nitrogen functional groups attached to an aromatic ring is 1. The molecular weight excluding hydrogens is 831 g/mol. The third-order valence-electron chi connectivity index (χ3n) is 6.40. The van der Waals surface area contributed by atoms with Crippen molar-refractivity contribution in [1.82, 2.24) is 0 Å². The Balaban J connectivity index is 2.12. The molecule has 280 valence electrons. The van der Waals surface area contributed by atoms with Crippen molar-refractivity contribution in [2.24, 2.45) is 20.5 Å². The molecule has 0 amide bonds. The first-order valence-electron chi connectivity index (χ1n) is 12.5. The van der Waals surface area contributed by atoms with Crippen molar-refractivity contribution >= 4 is 99.9 Å². The second kappa shape index (κ2) is 13.1. The van der Waals surface area contributed by atoms with Gasteiger partial charge in [-0.25, -0.2) is 0 Å². The van der Waals surface area contributed by atoms with Crippen LogP contribution in [-0.4, -0.2) is 82.9 Å². The molecule has 4 rings (SSSR count). The number of benzene rings is 4. The van der Waals surface area contributed by atoms with Crippen molar-refractivity contribution in [1.29, 1.82) is 0 Å². The van der Waals surface area contributed by atoms with Crippen LogP contribution in [0.2, 0.25) is 0 Å². The summed E-state index contributed by atoms with van der Waals surface area (Å²) in [6.07, 6.45) is 0. The molecule has 0 aromatic heterocycles. The van der Waals surface area contributed by atoms with Crippen LogP contribution in [0, 0.1) is 0 Å². The van der Waals surface area contributed by atoms with E-state index in [2.05, 4.69) is 20.5 Å². The van der Waals surface area contributed by atoms with Crippen molar-refractivity contribution in [3.05, 3.63) is 48.5 Å². The molecular formula is C22H17N5O19S6. The first-order chi connectivity index (χ1) is 23.4. The van der Waals surface area contributed by atoms with E-state index < -0.39 is 135 Å². The molecule has 4 aromatic carbocycles. The quantitative estimate of drug-likeness (QED) is 0.0645. The van der Waals surface area contributed by atoms with Gasteiger partial charge in [0.25, 0.3) is 60.7 Å². The Bertz CT molecular complexity index is 2770. The normalized spacial score (nSPS) is 13.7. The zero-order valence-electron chi connectivity index (χ0n) is 24.5. The Morgan fingerprint density at radius 3 is 1.13 bits per heavy atom. The van der Waals surface area contributed by atoms with Gasteiger partial charge < -0.3 is 10.8 Å². The van der Waals surface area contributed by atoms with Crippen molar-refractivity contribution < 1.29 is 82.9 Å². The lowest BCUT2D eigenvalue weighted by molar-refractivity contribution is 0.472. The van der Waals surface area contributed by atoms with E-state index in [9.17, 15) is 82.9 Å². The fourth-order valence-corrected chi connectivity index (χ4v) is 7.76. The summed E-state index contributed by atoms with van der Waals surface area (Å²) in [5.41, 5.74) is 0.212. The molecule has 24 nitrogen and oxygen atoms in total. The van der Waals surface area contributed by atoms with E-state index in [1.165, 1.54) is 0 Å². The Kier molecular flexibility index (Phi) is 10.1. The number of azo groups is 2. The molecule has 0 bridgehead atoms. The summed E-state index contributed by atoms with van der Waals surface area (Å²) in [7, 11) is -31.7. The van der Waals surface area contributed by atoms with Crippen LogP contribution in [0.1, 0.15) is 0 Å². The minimum absolute atomic E-state index is 0.330. The molecule has 0 aliphatic heterocycles. The van der Waals surface area contributed by atoms with Gasteiger partial charge in [-0.3, -0.25) is 27.3 Å². The van der Waals surface area contributed by atoms with Gasteiger partial charge in [-0.15, -0.1) is 20.5 Å². The van der Waals surface area contributed by atoms with Crippen molar-refractivity contribution in [3.8, 4) is 5.75 Å². The lowest BCUT2D eigenvalue weighted by Crippen LogP contribution is -2.04. The van der Waals surface area contributed by atoms with Crippen LogP contribution in [0.4, 0.5) is 28.4 Å². The molecule has 9 N–H and O–H groups in total. The van der Waals surface area contributed by atoms with Crippen LogP contribution < -0.4 is 5.73 Å². The fraction of sp³-hybridized carbons (Fsp3) is 0. The number of nitrogens with two attached hydrogens (primary N) is 1. The Morgan fingerprint density at radius 1 is 0.442 bits per heavy atom. The van der Waals surface area contributed by atoms with E-state index >= 15 is 0 Å². The van der Waals surface area contributed by atoms with Crippen LogP contribution in [0.15, 0.2) is 98.4 Å². The van der Waals surface area contributed by atoms with Gasteiger partial charge in [0.1, 0.15) is 42.3 Å². The molecule has 0 aliphatic carbocycles. The third-order valence-corrected chi connectivity index (χ3v) is 11.6. The van der Waals surface area contributed by atoms with Crippen molar-refractivity contribution in [2.75, 3.05) is 5.73 Å². The van der Waals surface area contributed by atoms with Crippen LogP contribution >= 0.6 is 0 Å². The van der Waals surface area contributed by atoms with Crippen LogP contribution in [-0.2, 0) is 60.7 Å². The zero-order chi connectivity index (χ0) is 39.6. The van der Waals surface area contributed by atoms with E-state index in [0.717, 1.165) is 0 Å². The van der Waals surface area contributed by atoms with E-state index in [-0.39, 0.29) is 0 Å². The standard InChI is InChI=1S/C22H17N5O19S6/c23-19-18-9(5-16(51(41,42)43)20(19)26-24-12-7-10(47(29,30)31)1-3-14(12)49(35,36)37)6-17(52(44,45)46)21(22(18)28)27-25-13-8-11(48(32,33)34)2-4-15(13)50(38,39)40/h1-8,28H,23H2,(H,29,30,31)(H,32,33,34)(H,35,36,37)(H,38,39,40)(H,41,42,43)(H,44,45,46). The highest BCUT2D eigenvalue weighted by Crippen LogP contribution is 2.48. The third kappa shape index (κ3) is 8.37. The van der Waals surface area contributed by atoms with Crippen LogP contribution in [0.25, 0.3) is 10.8 Å². The summed E-state index contributed by atoms with van der Waals surface area (Å²) in [4.78, 5) is -7.16. The summed E-state index contributed by atoms with van der Waals surface area (Å²) < 4.78 is 201. The van der Waals surface area contributed by atoms with E-state index in [1.807, 2.05) is 0 Å². The molecule has 0 fully saturated rings. The molecule has 0 saturated carbocycles. The number of aromatic hydroxyl groups is 1. The molecule has 4 aromatic rings. The molecule has 30 heteroatoms. The predicted molar refractivity (Wildman–Crippen MR) is 170 cm³/mol. The SMILES string of the molecule is Nc1c(N=Nc2cc(S(=O)(=O)O)ccc2S(=O)(=O)O)c(S(=O)(=O)O)cc2cc(S(=O)(=O)O)c(N=Nc3cc(S(=O)(=O)O)ccc3S(=O)(=O)O)c(O)c12. The summed E-state index contributed by atoms with van der Waals surface area (Å²) in [5, 5.41) is 22.9. The van der Waals surface area contributed by atoms with Crippen LogP contribution in [0.3, 0.4) is 0 Å². The minimum Gasteiger partial charge on any atom is -0.505 e. The second-order valence-electron chi connectivity index (χ2n) is 9.82. The van der Waals surface area contributed by atoms with Gasteiger partial charge in [-0.05, 0) is 53.9 Å². The Morgan fingerprint density at radius 2 is 0.788 bits per heavy atom. The maximum absolute atomic E-state index is 12.3. The van der Waals surface area contributed by atoms with Gasteiger partial charge in [0, 0.05) is 0 Å². The van der Waals surface area contributed by atoms with Gasteiger partial charge in [0.15, 0.2) is 5.75 Å². The second-order valence-corrected chi connectivity index (χ2v) is 18.2. The van der Waals surface area contributed by atoms with E-state index in [0.29, 0.717) is 48.5 Å². The molecule has 0 saturated heterocycles. The molecule has 52 heavy (non-hydrogen) atoms. The highest BCUT2D eigenvalue weighted by Gasteiger charge is 2.29. The van der Waals surface area contributed by atoms with Gasteiger partial charge in [-0.2, -0.15) is 50.5 Å². The van der Waals surface area contributed by atoms with E-state index in [1.54, 1.807) is 0 Å². The van der Waals surface area contributed by atoms with Crippen LogP contribution in [0.5, 0.6) is 5.75 Å². The molecule has 0 aliphatic rings. The molecule has 0 heterocycles. The smallest absolute Gasteiger partial charge is 0.296 e. The lowest BCUT2D eigenvalue weighted by Gasteiger charge is -2.14. The summed E-state index contributed by atoms with van der Waals surface area (Å²) in [5.74, 6) is -1.45. The van der Waals surface area contributed by atoms with Gasteiger partial charge >= 0.3 is 0 Å². The van der Waals surface area contributed by atoms with Gasteiger partial charge in [0.05, 0.1) is 20.9 Å². The topological polar surface area (TPSA) is 422 Å². The lowest BCUT2D eigenvalue weighted by atomic mass is 10.1. The van der Waals surface area contributed by atoms with Gasteiger partial charge in [0.2, 0.25) is 0 Å². The first kappa shape index (κ1) is 40.2. The predicted octanol–water partition coefficient (Wildman–Crippen LogP) is 2.44. The van der Waals surface area contributed by atoms with E-state index in [4.69, 9.17) is 5.73 Å². The fourth-order valence-electron chi connectivity index (χ4n) is 4.22. The summed E-state index contributed by atoms with van der Waals surface area (Å²) in [6.45, 7) is 0. The number of phenols is 1. The maximum atomic E-state index is 12.3. The summed E-state index contributed by atoms with van der Waals surface area (Å²) in [6, 6.07) is 3.35. The molecule has 0 spiro atoms. The van der Waals surface area contributed by atoms with Gasteiger partial charge in [-0.1, -0.05) is 0 Å². The highest BCUT2D eigenvalue weighted by atomic mass is 32.2. The Labute approximate surface area is 291 Å². The zero-order valence-corrected chi connectivity index (χ0v) is 29.4. The highest BCUT2D eigenvalue weighted by molar-refractivity contribution is 7.87. The van der Waals surface area contributed by atoms with Crippen molar-refractivity contribution in [2.45, 2.75) is 29.4 Å². The number of nitrogens with zero attached hydrogens (tertiary/aromatic N) is 4. The largest absolute Gasteiger partial charge is 0.505 e. The number of hydrogen-bond acceptors (Lipinski definition) is 18. The molecule has 0 radical (unpaired) electrons. The monoisotopic (exact) mass is 847 g/mol. The average molecular weight is 848 g/mol. The number of anilines is 1. The number of hydrogen-bond donors (Lipinski definition) is 8. The first-order valence-corrected chi connectivity index (χ1v) is 21.1.